The largest absolute Gasteiger partial charge is 0.496 e. The van der Waals surface area contributed by atoms with Crippen molar-refractivity contribution < 1.29 is 4.74 Å². The Bertz CT molecular complexity index is 549. The number of hydrogen-bond donors (Lipinski definition) is 2. The van der Waals surface area contributed by atoms with E-state index in [4.69, 9.17) is 4.74 Å². The summed E-state index contributed by atoms with van der Waals surface area (Å²) in [6.07, 6.45) is 0.845. The Labute approximate surface area is 113 Å². The molecule has 0 bridgehead atoms. The van der Waals surface area contributed by atoms with Crippen LogP contribution in [0.1, 0.15) is 17.1 Å². The molecule has 1 N–H and O–H groups in total. The molecule has 96 valence electrons. The Kier molecular flexibility index (Phi) is 3.97. The highest BCUT2D eigenvalue weighted by atomic mass is 32.1. The van der Waals surface area contributed by atoms with Gasteiger partial charge in [0.1, 0.15) is 11.6 Å². The van der Waals surface area contributed by atoms with E-state index in [2.05, 4.69) is 35.6 Å². The summed E-state index contributed by atoms with van der Waals surface area (Å²) in [5.41, 5.74) is 4.27. The van der Waals surface area contributed by atoms with Gasteiger partial charge in [0.2, 0.25) is 0 Å². The topological polar surface area (TPSA) is 37.9 Å². The van der Waals surface area contributed by atoms with Gasteiger partial charge in [0.25, 0.3) is 0 Å². The van der Waals surface area contributed by atoms with Crippen molar-refractivity contribution >= 4 is 12.6 Å². The van der Waals surface area contributed by atoms with E-state index in [0.29, 0.717) is 0 Å². The van der Waals surface area contributed by atoms with E-state index >= 15 is 0 Å². The second-order valence-electron chi connectivity index (χ2n) is 4.33. The highest BCUT2D eigenvalue weighted by Crippen LogP contribution is 2.31. The number of rotatable bonds is 4. The van der Waals surface area contributed by atoms with Gasteiger partial charge in [-0.25, -0.2) is 4.98 Å². The lowest BCUT2D eigenvalue weighted by Gasteiger charge is -2.08. The summed E-state index contributed by atoms with van der Waals surface area (Å²) in [6, 6.07) is 6.13. The smallest absolute Gasteiger partial charge is 0.128 e. The number of nitrogens with one attached hydrogen (secondary N) is 1. The van der Waals surface area contributed by atoms with Gasteiger partial charge < -0.3 is 9.72 Å². The summed E-state index contributed by atoms with van der Waals surface area (Å²) in [7, 11) is 1.69. The van der Waals surface area contributed by atoms with Crippen LogP contribution in [0.4, 0.5) is 0 Å². The van der Waals surface area contributed by atoms with Crippen LogP contribution < -0.4 is 4.74 Å². The first kappa shape index (κ1) is 13.0. The first-order valence-corrected chi connectivity index (χ1v) is 6.60. The normalized spacial score (nSPS) is 10.7. The second-order valence-corrected chi connectivity index (χ2v) is 4.78. The lowest BCUT2D eigenvalue weighted by Crippen LogP contribution is -1.91. The minimum Gasteiger partial charge on any atom is -0.496 e. The predicted octanol–water partition coefficient (Wildman–Crippen LogP) is 3.17. The minimum atomic E-state index is 0.789. The van der Waals surface area contributed by atoms with E-state index < -0.39 is 0 Å². The van der Waals surface area contributed by atoms with Crippen LogP contribution in [0.2, 0.25) is 0 Å². The van der Waals surface area contributed by atoms with Crippen molar-refractivity contribution in [2.24, 2.45) is 0 Å². The lowest BCUT2D eigenvalue weighted by molar-refractivity contribution is 0.416. The van der Waals surface area contributed by atoms with E-state index in [9.17, 15) is 0 Å². The third-order valence-corrected chi connectivity index (χ3v) is 3.12. The molecule has 1 aromatic heterocycles. The summed E-state index contributed by atoms with van der Waals surface area (Å²) < 4.78 is 5.41. The summed E-state index contributed by atoms with van der Waals surface area (Å²) in [4.78, 5) is 7.93. The van der Waals surface area contributed by atoms with Crippen molar-refractivity contribution in [3.8, 4) is 17.0 Å². The molecule has 0 radical (unpaired) electrons. The van der Waals surface area contributed by atoms with Gasteiger partial charge in [0.05, 0.1) is 12.8 Å². The molecule has 0 aliphatic rings. The van der Waals surface area contributed by atoms with E-state index in [1.807, 2.05) is 19.1 Å². The number of aromatic amines is 1. The maximum absolute atomic E-state index is 5.41. The molecule has 1 heterocycles. The van der Waals surface area contributed by atoms with Crippen LogP contribution in [0.3, 0.4) is 0 Å². The van der Waals surface area contributed by atoms with Crippen LogP contribution in [0.15, 0.2) is 18.2 Å². The van der Waals surface area contributed by atoms with Crippen LogP contribution in [-0.4, -0.2) is 22.8 Å². The number of aryl methyl sites for hydroxylation is 3. The number of nitrogens with zero attached hydrogens (tertiary/aromatic N) is 1. The Hall–Kier alpha value is -1.42. The number of imidazole rings is 1. The molecule has 0 unspecified atom stereocenters. The van der Waals surface area contributed by atoms with Gasteiger partial charge in [-0.15, -0.1) is 0 Å². The summed E-state index contributed by atoms with van der Waals surface area (Å²) in [5, 5.41) is 0. The third-order valence-electron chi connectivity index (χ3n) is 2.89. The molecule has 0 saturated carbocycles. The number of H-pyrrole nitrogens is 1. The zero-order valence-corrected chi connectivity index (χ0v) is 11.8. The zero-order chi connectivity index (χ0) is 13.1. The average Bonchev–Trinajstić information content (AvgIpc) is 2.70. The average molecular weight is 262 g/mol. The van der Waals surface area contributed by atoms with Gasteiger partial charge in [-0.05, 0) is 31.7 Å². The minimum absolute atomic E-state index is 0.789. The molecule has 3 nitrogen and oxygen atoms in total. The van der Waals surface area contributed by atoms with Crippen molar-refractivity contribution in [3.05, 3.63) is 35.3 Å². The van der Waals surface area contributed by atoms with Crippen LogP contribution >= 0.6 is 12.6 Å². The molecular weight excluding hydrogens is 244 g/mol. The molecule has 0 fully saturated rings. The Morgan fingerprint density at radius 2 is 2.11 bits per heavy atom. The van der Waals surface area contributed by atoms with E-state index in [-0.39, 0.29) is 0 Å². The fraction of sp³-hybridized carbons (Fsp3) is 0.357. The van der Waals surface area contributed by atoms with Crippen molar-refractivity contribution in [3.63, 3.8) is 0 Å². The summed E-state index contributed by atoms with van der Waals surface area (Å²) >= 11 is 4.23. The zero-order valence-electron chi connectivity index (χ0n) is 10.9. The highest BCUT2D eigenvalue weighted by Gasteiger charge is 2.13. The van der Waals surface area contributed by atoms with Gasteiger partial charge in [-0.1, -0.05) is 11.6 Å². The number of methoxy groups -OCH3 is 1. The number of hydrogen-bond acceptors (Lipinski definition) is 3. The number of ether oxygens (including phenoxy) is 1. The van der Waals surface area contributed by atoms with Crippen molar-refractivity contribution in [2.75, 3.05) is 12.9 Å². The lowest BCUT2D eigenvalue weighted by atomic mass is 10.1. The first-order valence-electron chi connectivity index (χ1n) is 5.97. The standard InChI is InChI=1S/C14H18N2OS/c1-9-4-5-12(17-3)11(8-9)14-10(2)15-13(16-14)6-7-18/h4-5,8,18H,6-7H2,1-3H3,(H,15,16). The van der Waals surface area contributed by atoms with Gasteiger partial charge in [0.15, 0.2) is 0 Å². The first-order chi connectivity index (χ1) is 8.65. The SMILES string of the molecule is COc1ccc(C)cc1-c1nc(CCS)[nH]c1C. The van der Waals surface area contributed by atoms with E-state index in [0.717, 1.165) is 40.7 Å². The molecule has 4 heteroatoms. The van der Waals surface area contributed by atoms with Crippen molar-refractivity contribution in [2.45, 2.75) is 20.3 Å². The molecular formula is C14H18N2OS. The summed E-state index contributed by atoms with van der Waals surface area (Å²) in [5.74, 6) is 2.62. The number of aromatic nitrogens is 2. The molecule has 0 atom stereocenters. The molecule has 2 aromatic rings. The highest BCUT2D eigenvalue weighted by molar-refractivity contribution is 7.80. The molecule has 0 aliphatic heterocycles. The number of thiol groups is 1. The van der Waals surface area contributed by atoms with Crippen LogP contribution in [-0.2, 0) is 6.42 Å². The molecule has 0 aliphatic carbocycles. The quantitative estimate of drug-likeness (QED) is 0.831. The van der Waals surface area contributed by atoms with Gasteiger partial charge in [-0.3, -0.25) is 0 Å². The fourth-order valence-corrected chi connectivity index (χ4v) is 2.23. The van der Waals surface area contributed by atoms with Crippen LogP contribution in [0.25, 0.3) is 11.3 Å². The van der Waals surface area contributed by atoms with Crippen LogP contribution in [0, 0.1) is 13.8 Å². The molecule has 2 rings (SSSR count). The Balaban J connectivity index is 2.50. The predicted molar refractivity (Wildman–Crippen MR) is 77.6 cm³/mol. The third kappa shape index (κ3) is 2.53. The van der Waals surface area contributed by atoms with Crippen molar-refractivity contribution in [1.82, 2.24) is 9.97 Å². The van der Waals surface area contributed by atoms with E-state index in [1.165, 1.54) is 5.56 Å². The molecule has 1 aromatic carbocycles. The van der Waals surface area contributed by atoms with Crippen molar-refractivity contribution in [1.29, 1.82) is 0 Å². The van der Waals surface area contributed by atoms with E-state index in [1.54, 1.807) is 7.11 Å². The van der Waals surface area contributed by atoms with Crippen LogP contribution in [0.5, 0.6) is 5.75 Å². The molecule has 0 spiro atoms. The monoisotopic (exact) mass is 262 g/mol. The maximum atomic E-state index is 5.41. The van der Waals surface area contributed by atoms with Gasteiger partial charge in [0, 0.05) is 17.7 Å². The molecule has 0 amide bonds. The molecule has 0 saturated heterocycles. The Morgan fingerprint density at radius 1 is 1.33 bits per heavy atom. The van der Waals surface area contributed by atoms with Gasteiger partial charge >= 0.3 is 0 Å². The van der Waals surface area contributed by atoms with Gasteiger partial charge in [-0.2, -0.15) is 12.6 Å². The second kappa shape index (κ2) is 5.48. The number of benzene rings is 1. The molecule has 18 heavy (non-hydrogen) atoms. The Morgan fingerprint density at radius 3 is 2.78 bits per heavy atom. The summed E-state index contributed by atoms with van der Waals surface area (Å²) in [6.45, 7) is 4.10. The maximum Gasteiger partial charge on any atom is 0.128 e. The fourth-order valence-electron chi connectivity index (χ4n) is 2.02.